The summed E-state index contributed by atoms with van der Waals surface area (Å²) in [4.78, 5) is 0. The molecule has 1 aromatic carbocycles. The highest BCUT2D eigenvalue weighted by atomic mass is 19.1. The van der Waals surface area contributed by atoms with Gasteiger partial charge in [0.1, 0.15) is 11.6 Å². The molecule has 0 saturated heterocycles. The van der Waals surface area contributed by atoms with Crippen LogP contribution in [-0.2, 0) is 0 Å². The van der Waals surface area contributed by atoms with Crippen LogP contribution in [0.25, 0.3) is 0 Å². The van der Waals surface area contributed by atoms with Crippen molar-refractivity contribution in [1.82, 2.24) is 0 Å². The highest BCUT2D eigenvalue weighted by Gasteiger charge is 2.16. The van der Waals surface area contributed by atoms with Gasteiger partial charge in [-0.1, -0.05) is 6.07 Å². The molecule has 1 atom stereocenters. The summed E-state index contributed by atoms with van der Waals surface area (Å²) in [5.74, 6) is -1.83. The second kappa shape index (κ2) is 3.28. The van der Waals surface area contributed by atoms with Crippen molar-refractivity contribution in [1.29, 1.82) is 5.26 Å². The molecule has 0 radical (unpaired) electrons. The molecule has 0 unspecified atom stereocenters. The molecule has 0 aliphatic carbocycles. The van der Waals surface area contributed by atoms with Gasteiger partial charge in [0.2, 0.25) is 0 Å². The first kappa shape index (κ1) is 8.62. The summed E-state index contributed by atoms with van der Waals surface area (Å²) >= 11 is 0. The van der Waals surface area contributed by atoms with Gasteiger partial charge in [0.15, 0.2) is 6.10 Å². The van der Waals surface area contributed by atoms with Gasteiger partial charge in [-0.2, -0.15) is 5.26 Å². The monoisotopic (exact) mass is 169 g/mol. The van der Waals surface area contributed by atoms with Gasteiger partial charge in [-0.25, -0.2) is 8.78 Å². The fraction of sp³-hybridized carbons (Fsp3) is 0.125. The third-order valence-electron chi connectivity index (χ3n) is 1.40. The van der Waals surface area contributed by atoms with Gasteiger partial charge in [0.25, 0.3) is 0 Å². The van der Waals surface area contributed by atoms with E-state index in [2.05, 4.69) is 0 Å². The van der Waals surface area contributed by atoms with Crippen LogP contribution in [0.3, 0.4) is 0 Å². The number of hydrogen-bond acceptors (Lipinski definition) is 2. The molecule has 0 aromatic heterocycles. The van der Waals surface area contributed by atoms with E-state index in [0.717, 1.165) is 18.2 Å². The third kappa shape index (κ3) is 1.41. The zero-order valence-electron chi connectivity index (χ0n) is 5.96. The smallest absolute Gasteiger partial charge is 0.171 e. The Morgan fingerprint density at radius 3 is 2.25 bits per heavy atom. The van der Waals surface area contributed by atoms with E-state index in [1.165, 1.54) is 6.07 Å². The predicted molar refractivity (Wildman–Crippen MR) is 36.9 cm³/mol. The van der Waals surface area contributed by atoms with E-state index in [4.69, 9.17) is 10.4 Å². The van der Waals surface area contributed by atoms with E-state index in [1.807, 2.05) is 0 Å². The van der Waals surface area contributed by atoms with Crippen LogP contribution in [0.4, 0.5) is 8.78 Å². The van der Waals surface area contributed by atoms with Crippen molar-refractivity contribution in [2.75, 3.05) is 0 Å². The van der Waals surface area contributed by atoms with Crippen LogP contribution >= 0.6 is 0 Å². The second-order valence-electron chi connectivity index (χ2n) is 2.17. The number of aliphatic hydroxyl groups excluding tert-OH is 1. The van der Waals surface area contributed by atoms with Crippen molar-refractivity contribution < 1.29 is 13.9 Å². The summed E-state index contributed by atoms with van der Waals surface area (Å²) in [6.07, 6.45) is -1.74. The molecule has 0 spiro atoms. The Morgan fingerprint density at radius 2 is 1.83 bits per heavy atom. The normalized spacial score (nSPS) is 12.2. The molecular weight excluding hydrogens is 164 g/mol. The molecular formula is C8H5F2NO. The standard InChI is InChI=1S/C8H5F2NO/c9-5-2-1-3-6(10)8(5)7(12)4-11/h1-3,7,12H/t7-/m1/s1. The summed E-state index contributed by atoms with van der Waals surface area (Å²) < 4.78 is 25.5. The van der Waals surface area contributed by atoms with E-state index in [0.29, 0.717) is 0 Å². The van der Waals surface area contributed by atoms with Crippen molar-refractivity contribution >= 4 is 0 Å². The first-order chi connectivity index (χ1) is 5.66. The maximum atomic E-state index is 12.7. The van der Waals surface area contributed by atoms with E-state index in [-0.39, 0.29) is 0 Å². The van der Waals surface area contributed by atoms with Gasteiger partial charge in [-0.15, -0.1) is 0 Å². The summed E-state index contributed by atoms with van der Waals surface area (Å²) in [6.45, 7) is 0. The zero-order valence-corrected chi connectivity index (χ0v) is 5.96. The maximum Gasteiger partial charge on any atom is 0.171 e. The molecule has 4 heteroatoms. The fourth-order valence-electron chi connectivity index (χ4n) is 0.836. The van der Waals surface area contributed by atoms with Crippen molar-refractivity contribution in [3.8, 4) is 6.07 Å². The third-order valence-corrected chi connectivity index (χ3v) is 1.40. The Hall–Kier alpha value is -1.47. The molecule has 0 amide bonds. The van der Waals surface area contributed by atoms with E-state index in [9.17, 15) is 8.78 Å². The van der Waals surface area contributed by atoms with Crippen molar-refractivity contribution in [3.05, 3.63) is 35.4 Å². The molecule has 0 aliphatic rings. The zero-order chi connectivity index (χ0) is 9.14. The highest BCUT2D eigenvalue weighted by Crippen LogP contribution is 2.19. The molecule has 1 rings (SSSR count). The van der Waals surface area contributed by atoms with Gasteiger partial charge in [0.05, 0.1) is 11.6 Å². The summed E-state index contributed by atoms with van der Waals surface area (Å²) in [5, 5.41) is 17.1. The number of aliphatic hydroxyl groups is 1. The number of rotatable bonds is 1. The number of halogens is 2. The number of nitrogens with zero attached hydrogens (tertiary/aromatic N) is 1. The Labute approximate surface area is 67.7 Å². The van der Waals surface area contributed by atoms with Crippen molar-refractivity contribution in [2.45, 2.75) is 6.10 Å². The maximum absolute atomic E-state index is 12.7. The van der Waals surface area contributed by atoms with Gasteiger partial charge in [-0.3, -0.25) is 0 Å². The quantitative estimate of drug-likeness (QED) is 0.647. The van der Waals surface area contributed by atoms with Crippen LogP contribution in [0.1, 0.15) is 11.7 Å². The first-order valence-electron chi connectivity index (χ1n) is 3.18. The van der Waals surface area contributed by atoms with Gasteiger partial charge in [0, 0.05) is 0 Å². The lowest BCUT2D eigenvalue weighted by Crippen LogP contribution is -2.01. The van der Waals surface area contributed by atoms with Crippen molar-refractivity contribution in [2.24, 2.45) is 0 Å². The topological polar surface area (TPSA) is 44.0 Å². The molecule has 2 nitrogen and oxygen atoms in total. The minimum Gasteiger partial charge on any atom is -0.374 e. The molecule has 62 valence electrons. The fourth-order valence-corrected chi connectivity index (χ4v) is 0.836. The summed E-state index contributed by atoms with van der Waals surface area (Å²) in [5.41, 5.74) is -0.597. The van der Waals surface area contributed by atoms with Crippen LogP contribution < -0.4 is 0 Å². The highest BCUT2D eigenvalue weighted by molar-refractivity contribution is 5.25. The van der Waals surface area contributed by atoms with Crippen LogP contribution in [0.2, 0.25) is 0 Å². The second-order valence-corrected chi connectivity index (χ2v) is 2.17. The van der Waals surface area contributed by atoms with E-state index >= 15 is 0 Å². The summed E-state index contributed by atoms with van der Waals surface area (Å²) in [7, 11) is 0. The molecule has 0 aliphatic heterocycles. The number of hydrogen-bond donors (Lipinski definition) is 1. The predicted octanol–water partition coefficient (Wildman–Crippen LogP) is 1.52. The van der Waals surface area contributed by atoms with Crippen LogP contribution in [0.15, 0.2) is 18.2 Å². The average Bonchev–Trinajstić information content (AvgIpc) is 2.03. The van der Waals surface area contributed by atoms with Gasteiger partial charge < -0.3 is 5.11 Å². The number of nitriles is 1. The van der Waals surface area contributed by atoms with E-state index < -0.39 is 23.3 Å². The molecule has 12 heavy (non-hydrogen) atoms. The minimum absolute atomic E-state index is 0.597. The average molecular weight is 169 g/mol. The van der Waals surface area contributed by atoms with E-state index in [1.54, 1.807) is 0 Å². The Balaban J connectivity index is 3.23. The lowest BCUT2D eigenvalue weighted by atomic mass is 10.1. The van der Waals surface area contributed by atoms with Crippen LogP contribution in [-0.4, -0.2) is 5.11 Å². The van der Waals surface area contributed by atoms with Gasteiger partial charge in [-0.05, 0) is 12.1 Å². The molecule has 0 saturated carbocycles. The SMILES string of the molecule is N#C[C@@H](O)c1c(F)cccc1F. The molecule has 0 bridgehead atoms. The molecule has 1 aromatic rings. The lowest BCUT2D eigenvalue weighted by molar-refractivity contribution is 0.224. The van der Waals surface area contributed by atoms with Crippen molar-refractivity contribution in [3.63, 3.8) is 0 Å². The lowest BCUT2D eigenvalue weighted by Gasteiger charge is -2.03. The minimum atomic E-state index is -1.74. The van der Waals surface area contributed by atoms with Crippen LogP contribution in [0.5, 0.6) is 0 Å². The molecule has 0 heterocycles. The van der Waals surface area contributed by atoms with Crippen LogP contribution in [0, 0.1) is 23.0 Å². The van der Waals surface area contributed by atoms with Gasteiger partial charge >= 0.3 is 0 Å². The largest absolute Gasteiger partial charge is 0.374 e. The number of benzene rings is 1. The molecule has 1 N–H and O–H groups in total. The first-order valence-corrected chi connectivity index (χ1v) is 3.18. The molecule has 0 fully saturated rings. The Bertz CT molecular complexity index is 312. The Kier molecular flexibility index (Phi) is 2.36. The Morgan fingerprint density at radius 1 is 1.33 bits per heavy atom. The summed E-state index contributed by atoms with van der Waals surface area (Å²) in [6, 6.07) is 4.47.